The van der Waals surface area contributed by atoms with Gasteiger partial charge in [-0.05, 0) is 35.9 Å². The molecule has 2 aromatic carbocycles. The highest BCUT2D eigenvalue weighted by molar-refractivity contribution is 6.30. The summed E-state index contributed by atoms with van der Waals surface area (Å²) in [6, 6.07) is 11.0. The number of carbonyl (C=O) groups excluding carboxylic acids is 2. The summed E-state index contributed by atoms with van der Waals surface area (Å²) >= 11 is 5.86. The lowest BCUT2D eigenvalue weighted by molar-refractivity contribution is -0.141. The summed E-state index contributed by atoms with van der Waals surface area (Å²) in [5.74, 6) is -0.980. The minimum absolute atomic E-state index is 0.122. The lowest BCUT2D eigenvalue weighted by atomic mass is 10.0. The Hall–Kier alpha value is -2.60. The number of nitrogens with one attached hydrogen (secondary N) is 2. The van der Waals surface area contributed by atoms with E-state index < -0.39 is 23.9 Å². The molecule has 0 saturated heterocycles. The Bertz CT molecular complexity index is 739. The highest BCUT2D eigenvalue weighted by atomic mass is 35.5. The van der Waals surface area contributed by atoms with Crippen LogP contribution in [0.2, 0.25) is 5.02 Å². The number of amides is 2. The van der Waals surface area contributed by atoms with Gasteiger partial charge in [0.1, 0.15) is 5.82 Å². The molecule has 0 aromatic heterocycles. The molecular formula is C17H16ClFN2O3. The van der Waals surface area contributed by atoms with Crippen molar-refractivity contribution in [3.05, 3.63) is 64.9 Å². The van der Waals surface area contributed by atoms with Gasteiger partial charge in [-0.3, -0.25) is 4.79 Å². The van der Waals surface area contributed by atoms with E-state index in [1.807, 2.05) is 0 Å². The van der Waals surface area contributed by atoms with E-state index in [2.05, 4.69) is 15.4 Å². The van der Waals surface area contributed by atoms with Crippen molar-refractivity contribution in [1.82, 2.24) is 5.32 Å². The molecule has 24 heavy (non-hydrogen) atoms. The van der Waals surface area contributed by atoms with E-state index in [1.54, 1.807) is 30.3 Å². The van der Waals surface area contributed by atoms with E-state index in [1.165, 1.54) is 25.3 Å². The van der Waals surface area contributed by atoms with Gasteiger partial charge in [-0.25, -0.2) is 9.18 Å². The van der Waals surface area contributed by atoms with Crippen LogP contribution in [-0.4, -0.2) is 19.1 Å². The van der Waals surface area contributed by atoms with Gasteiger partial charge in [-0.15, -0.1) is 0 Å². The number of carbonyl (C=O) groups is 2. The molecule has 5 nitrogen and oxygen atoms in total. The van der Waals surface area contributed by atoms with E-state index in [4.69, 9.17) is 11.6 Å². The summed E-state index contributed by atoms with van der Waals surface area (Å²) in [5.41, 5.74) is 0.956. The fourth-order valence-corrected chi connectivity index (χ4v) is 2.31. The zero-order valence-electron chi connectivity index (χ0n) is 12.9. The SMILES string of the molecule is COC(=O)C[C@H](NC(=O)Nc1cccc(Cl)c1)c1cccc(F)c1. The number of anilines is 1. The number of methoxy groups -OCH3 is 1. The van der Waals surface area contributed by atoms with Crippen LogP contribution in [0.15, 0.2) is 48.5 Å². The number of ether oxygens (including phenoxy) is 1. The molecule has 2 rings (SSSR count). The molecule has 0 aliphatic rings. The van der Waals surface area contributed by atoms with Crippen LogP contribution in [0.1, 0.15) is 18.0 Å². The Morgan fingerprint density at radius 3 is 2.62 bits per heavy atom. The van der Waals surface area contributed by atoms with Crippen LogP contribution in [0.3, 0.4) is 0 Å². The largest absolute Gasteiger partial charge is 0.469 e. The summed E-state index contributed by atoms with van der Waals surface area (Å²) in [7, 11) is 1.25. The quantitative estimate of drug-likeness (QED) is 0.803. The van der Waals surface area contributed by atoms with Crippen LogP contribution >= 0.6 is 11.6 Å². The zero-order valence-corrected chi connectivity index (χ0v) is 13.6. The molecule has 7 heteroatoms. The van der Waals surface area contributed by atoms with Gasteiger partial charge in [0.15, 0.2) is 0 Å². The van der Waals surface area contributed by atoms with Crippen molar-refractivity contribution >= 4 is 29.3 Å². The van der Waals surface area contributed by atoms with E-state index in [0.29, 0.717) is 16.3 Å². The van der Waals surface area contributed by atoms with Crippen molar-refractivity contribution in [2.24, 2.45) is 0 Å². The Kier molecular flexibility index (Phi) is 6.14. The van der Waals surface area contributed by atoms with Gasteiger partial charge >= 0.3 is 12.0 Å². The van der Waals surface area contributed by atoms with Gasteiger partial charge < -0.3 is 15.4 Å². The van der Waals surface area contributed by atoms with Crippen molar-refractivity contribution < 1.29 is 18.7 Å². The van der Waals surface area contributed by atoms with Crippen LogP contribution in [0.25, 0.3) is 0 Å². The van der Waals surface area contributed by atoms with Crippen LogP contribution in [0.4, 0.5) is 14.9 Å². The summed E-state index contributed by atoms with van der Waals surface area (Å²) in [6.07, 6.45) is -0.122. The molecule has 0 fully saturated rings. The number of rotatable bonds is 5. The molecule has 0 bridgehead atoms. The van der Waals surface area contributed by atoms with Crippen molar-refractivity contribution in [2.45, 2.75) is 12.5 Å². The predicted molar refractivity (Wildman–Crippen MR) is 89.4 cm³/mol. The highest BCUT2D eigenvalue weighted by Crippen LogP contribution is 2.19. The van der Waals surface area contributed by atoms with Gasteiger partial charge in [-0.2, -0.15) is 0 Å². The minimum Gasteiger partial charge on any atom is -0.469 e. The van der Waals surface area contributed by atoms with Crippen molar-refractivity contribution in [2.75, 3.05) is 12.4 Å². The van der Waals surface area contributed by atoms with Gasteiger partial charge in [0.05, 0.1) is 19.6 Å². The number of hydrogen-bond acceptors (Lipinski definition) is 3. The second-order valence-corrected chi connectivity index (χ2v) is 5.43. The first-order chi connectivity index (χ1) is 11.5. The molecule has 0 radical (unpaired) electrons. The first-order valence-electron chi connectivity index (χ1n) is 7.13. The third-order valence-corrected chi connectivity index (χ3v) is 3.47. The molecule has 0 heterocycles. The van der Waals surface area contributed by atoms with Crippen molar-refractivity contribution in [3.8, 4) is 0 Å². The Morgan fingerprint density at radius 2 is 1.96 bits per heavy atom. The summed E-state index contributed by atoms with van der Waals surface area (Å²) in [4.78, 5) is 23.7. The maximum absolute atomic E-state index is 13.4. The van der Waals surface area contributed by atoms with Gasteiger partial charge in [0, 0.05) is 10.7 Å². The summed E-state index contributed by atoms with van der Waals surface area (Å²) in [5, 5.41) is 5.72. The second kappa shape index (κ2) is 8.31. The molecule has 2 aromatic rings. The van der Waals surface area contributed by atoms with Crippen molar-refractivity contribution in [3.63, 3.8) is 0 Å². The maximum atomic E-state index is 13.4. The number of urea groups is 1. The van der Waals surface area contributed by atoms with Crippen LogP contribution in [-0.2, 0) is 9.53 Å². The molecule has 126 valence electrons. The second-order valence-electron chi connectivity index (χ2n) is 5.00. The monoisotopic (exact) mass is 350 g/mol. The molecule has 0 unspecified atom stereocenters. The third-order valence-electron chi connectivity index (χ3n) is 3.24. The standard InChI is InChI=1S/C17H16ClFN2O3/c1-24-16(22)10-15(11-4-2-6-13(19)8-11)21-17(23)20-14-7-3-5-12(18)9-14/h2-9,15H,10H2,1H3,(H2,20,21,23)/t15-/m0/s1. The average molecular weight is 351 g/mol. The molecule has 0 aliphatic heterocycles. The van der Waals surface area contributed by atoms with E-state index in [0.717, 1.165) is 0 Å². The molecule has 0 saturated carbocycles. The third kappa shape index (κ3) is 5.24. The summed E-state index contributed by atoms with van der Waals surface area (Å²) in [6.45, 7) is 0. The van der Waals surface area contributed by atoms with E-state index >= 15 is 0 Å². The van der Waals surface area contributed by atoms with Gasteiger partial charge in [0.2, 0.25) is 0 Å². The smallest absolute Gasteiger partial charge is 0.319 e. The Labute approximate surface area is 143 Å². The fraction of sp³-hybridized carbons (Fsp3) is 0.176. The number of hydrogen-bond donors (Lipinski definition) is 2. The minimum atomic E-state index is -0.729. The van der Waals surface area contributed by atoms with Crippen LogP contribution in [0, 0.1) is 5.82 Å². The van der Waals surface area contributed by atoms with Crippen LogP contribution in [0.5, 0.6) is 0 Å². The molecule has 2 N–H and O–H groups in total. The number of halogens is 2. The Morgan fingerprint density at radius 1 is 1.21 bits per heavy atom. The lowest BCUT2D eigenvalue weighted by Crippen LogP contribution is -2.34. The number of benzene rings is 2. The zero-order chi connectivity index (χ0) is 17.5. The molecule has 0 aliphatic carbocycles. The van der Waals surface area contributed by atoms with Crippen LogP contribution < -0.4 is 10.6 Å². The summed E-state index contributed by atoms with van der Waals surface area (Å²) < 4.78 is 18.0. The van der Waals surface area contributed by atoms with Gasteiger partial charge in [-0.1, -0.05) is 29.8 Å². The molecule has 0 spiro atoms. The average Bonchev–Trinajstić information content (AvgIpc) is 2.54. The normalized spacial score (nSPS) is 11.5. The van der Waals surface area contributed by atoms with E-state index in [-0.39, 0.29) is 6.42 Å². The fourth-order valence-electron chi connectivity index (χ4n) is 2.12. The maximum Gasteiger partial charge on any atom is 0.319 e. The van der Waals surface area contributed by atoms with E-state index in [9.17, 15) is 14.0 Å². The molecule has 2 amide bonds. The molecule has 1 atom stereocenters. The molecular weight excluding hydrogens is 335 g/mol. The van der Waals surface area contributed by atoms with Gasteiger partial charge in [0.25, 0.3) is 0 Å². The first kappa shape index (κ1) is 17.7. The first-order valence-corrected chi connectivity index (χ1v) is 7.51. The lowest BCUT2D eigenvalue weighted by Gasteiger charge is -2.19. The highest BCUT2D eigenvalue weighted by Gasteiger charge is 2.19. The topological polar surface area (TPSA) is 67.4 Å². The number of esters is 1. The Balaban J connectivity index is 2.12. The predicted octanol–water partition coefficient (Wildman–Crippen LogP) is 3.91. The van der Waals surface area contributed by atoms with Crippen molar-refractivity contribution in [1.29, 1.82) is 0 Å².